The molecule has 1 radical (unpaired) electrons. The highest BCUT2D eigenvalue weighted by atomic mass is 35.5. The van der Waals surface area contributed by atoms with Crippen LogP contribution in [0.15, 0.2) is 17.0 Å². The summed E-state index contributed by atoms with van der Waals surface area (Å²) in [6.45, 7) is 0. The Balaban J connectivity index is 3.17. The maximum atomic E-state index is 5.60. The summed E-state index contributed by atoms with van der Waals surface area (Å²) in [5.41, 5.74) is 0. The Bertz CT molecular complexity index is 222. The Morgan fingerprint density at radius 1 is 1.33 bits per heavy atom. The molecular weight excluding hydrogens is 175 g/mol. The number of halogens is 2. The summed E-state index contributed by atoms with van der Waals surface area (Å²) >= 11 is 15.2. The zero-order chi connectivity index (χ0) is 6.85. The standard InChI is InChI=1S/C6H3Cl2S/c7-4-1-2-6(9)5(8)3-4/h1-2,9H. The minimum absolute atomic E-state index is 0.464. The van der Waals surface area contributed by atoms with Crippen LogP contribution in [0.2, 0.25) is 10.0 Å². The number of thiol groups is 1. The largest absolute Gasteiger partial charge is 0.142 e. The van der Waals surface area contributed by atoms with Crippen LogP contribution in [-0.2, 0) is 0 Å². The van der Waals surface area contributed by atoms with Crippen molar-refractivity contribution >= 4 is 35.8 Å². The molecule has 0 fully saturated rings. The molecule has 0 saturated heterocycles. The van der Waals surface area contributed by atoms with Crippen molar-refractivity contribution in [3.8, 4) is 0 Å². The fraction of sp³-hybridized carbons (Fsp3) is 0. The van der Waals surface area contributed by atoms with E-state index < -0.39 is 0 Å². The second-order valence-electron chi connectivity index (χ2n) is 1.51. The molecule has 1 aromatic rings. The van der Waals surface area contributed by atoms with E-state index >= 15 is 0 Å². The second-order valence-corrected chi connectivity index (χ2v) is 2.77. The Kier molecular flexibility index (Phi) is 2.28. The molecule has 0 aliphatic carbocycles. The van der Waals surface area contributed by atoms with Crippen molar-refractivity contribution in [1.82, 2.24) is 0 Å². The van der Waals surface area contributed by atoms with Crippen molar-refractivity contribution in [2.45, 2.75) is 4.90 Å². The highest BCUT2D eigenvalue weighted by Crippen LogP contribution is 2.22. The number of benzene rings is 1. The van der Waals surface area contributed by atoms with E-state index in [1.807, 2.05) is 0 Å². The molecule has 0 amide bonds. The quantitative estimate of drug-likeness (QED) is 0.580. The summed E-state index contributed by atoms with van der Waals surface area (Å²) in [5, 5.41) is 0.976. The van der Waals surface area contributed by atoms with Gasteiger partial charge in [0.05, 0.1) is 10.0 Å². The molecule has 1 rings (SSSR count). The first kappa shape index (κ1) is 7.26. The summed E-state index contributed by atoms with van der Waals surface area (Å²) in [4.78, 5) is 0.695. The zero-order valence-electron chi connectivity index (χ0n) is 4.36. The maximum Gasteiger partial charge on any atom is 0.0633 e. The van der Waals surface area contributed by atoms with Crippen LogP contribution in [-0.4, -0.2) is 0 Å². The van der Waals surface area contributed by atoms with Gasteiger partial charge in [0, 0.05) is 11.0 Å². The van der Waals surface area contributed by atoms with E-state index in [1.54, 1.807) is 12.1 Å². The molecule has 0 unspecified atom stereocenters. The molecule has 0 aliphatic rings. The molecule has 0 aromatic heterocycles. The molecule has 0 spiro atoms. The van der Waals surface area contributed by atoms with Crippen LogP contribution in [0.1, 0.15) is 0 Å². The number of rotatable bonds is 0. The first-order chi connectivity index (χ1) is 4.20. The monoisotopic (exact) mass is 177 g/mol. The Labute approximate surface area is 69.2 Å². The van der Waals surface area contributed by atoms with E-state index in [2.05, 4.69) is 18.7 Å². The molecule has 0 saturated carbocycles. The number of hydrogen-bond acceptors (Lipinski definition) is 1. The molecule has 0 nitrogen and oxygen atoms in total. The lowest BCUT2D eigenvalue weighted by molar-refractivity contribution is 1.47. The van der Waals surface area contributed by atoms with Crippen LogP contribution in [0.5, 0.6) is 0 Å². The molecule has 0 heterocycles. The van der Waals surface area contributed by atoms with Crippen molar-refractivity contribution in [2.75, 3.05) is 0 Å². The summed E-state index contributed by atoms with van der Waals surface area (Å²) in [7, 11) is 0. The van der Waals surface area contributed by atoms with Crippen molar-refractivity contribution in [3.63, 3.8) is 0 Å². The van der Waals surface area contributed by atoms with E-state index in [4.69, 9.17) is 23.2 Å². The molecule has 47 valence electrons. The summed E-state index contributed by atoms with van der Waals surface area (Å²) in [5.74, 6) is 0. The Morgan fingerprint density at radius 3 is 2.44 bits per heavy atom. The molecule has 0 bridgehead atoms. The highest BCUT2D eigenvalue weighted by Gasteiger charge is 1.94. The zero-order valence-corrected chi connectivity index (χ0v) is 6.76. The lowest BCUT2D eigenvalue weighted by Crippen LogP contribution is -1.68. The summed E-state index contributed by atoms with van der Waals surface area (Å²) in [6.07, 6.45) is 0. The van der Waals surface area contributed by atoms with Gasteiger partial charge in [-0.3, -0.25) is 0 Å². The normalized spacial score (nSPS) is 9.67. The SMILES string of the molecule is Sc1ccc(Cl)[c]c1Cl. The van der Waals surface area contributed by atoms with Gasteiger partial charge in [0.25, 0.3) is 0 Å². The van der Waals surface area contributed by atoms with E-state index in [-0.39, 0.29) is 0 Å². The van der Waals surface area contributed by atoms with E-state index in [1.165, 1.54) is 0 Å². The summed E-state index contributed by atoms with van der Waals surface area (Å²) < 4.78 is 0. The third-order valence-electron chi connectivity index (χ3n) is 0.842. The van der Waals surface area contributed by atoms with E-state index in [0.29, 0.717) is 14.9 Å². The lowest BCUT2D eigenvalue weighted by atomic mass is 10.4. The highest BCUT2D eigenvalue weighted by molar-refractivity contribution is 7.80. The Morgan fingerprint density at radius 2 is 2.00 bits per heavy atom. The van der Waals surface area contributed by atoms with Crippen molar-refractivity contribution in [2.24, 2.45) is 0 Å². The topological polar surface area (TPSA) is 0 Å². The minimum atomic E-state index is 0.464. The first-order valence-electron chi connectivity index (χ1n) is 2.26. The van der Waals surface area contributed by atoms with Crippen molar-refractivity contribution in [1.29, 1.82) is 0 Å². The van der Waals surface area contributed by atoms with Gasteiger partial charge >= 0.3 is 0 Å². The van der Waals surface area contributed by atoms with E-state index in [0.717, 1.165) is 0 Å². The van der Waals surface area contributed by atoms with Gasteiger partial charge in [-0.05, 0) is 12.1 Å². The van der Waals surface area contributed by atoms with Crippen LogP contribution in [0.3, 0.4) is 0 Å². The van der Waals surface area contributed by atoms with Crippen LogP contribution in [0.25, 0.3) is 0 Å². The van der Waals surface area contributed by atoms with Crippen LogP contribution < -0.4 is 0 Å². The van der Waals surface area contributed by atoms with Gasteiger partial charge < -0.3 is 0 Å². The minimum Gasteiger partial charge on any atom is -0.142 e. The average molecular weight is 178 g/mol. The molecule has 0 atom stereocenters. The molecule has 0 N–H and O–H groups in total. The van der Waals surface area contributed by atoms with Gasteiger partial charge in [-0.15, -0.1) is 12.6 Å². The summed E-state index contributed by atoms with van der Waals surface area (Å²) in [6, 6.07) is 6.11. The van der Waals surface area contributed by atoms with Crippen LogP contribution in [0.4, 0.5) is 0 Å². The molecule has 3 heteroatoms. The molecule has 0 aliphatic heterocycles. The van der Waals surface area contributed by atoms with Gasteiger partial charge in [-0.2, -0.15) is 0 Å². The smallest absolute Gasteiger partial charge is 0.0633 e. The lowest BCUT2D eigenvalue weighted by Gasteiger charge is -1.93. The molecular formula is C6H3Cl2S. The van der Waals surface area contributed by atoms with Gasteiger partial charge in [0.15, 0.2) is 0 Å². The second kappa shape index (κ2) is 2.82. The Hall–Kier alpha value is 0.150. The first-order valence-corrected chi connectivity index (χ1v) is 3.47. The maximum absolute atomic E-state index is 5.60. The fourth-order valence-electron chi connectivity index (χ4n) is 0.436. The van der Waals surface area contributed by atoms with Gasteiger partial charge in [-0.25, -0.2) is 0 Å². The number of hydrogen-bond donors (Lipinski definition) is 1. The van der Waals surface area contributed by atoms with Gasteiger partial charge in [0.2, 0.25) is 0 Å². The third-order valence-corrected chi connectivity index (χ3v) is 1.86. The third kappa shape index (κ3) is 1.78. The molecule has 1 aromatic carbocycles. The molecule has 9 heavy (non-hydrogen) atoms. The fourth-order valence-corrected chi connectivity index (χ4v) is 0.937. The van der Waals surface area contributed by atoms with E-state index in [9.17, 15) is 0 Å². The van der Waals surface area contributed by atoms with Crippen LogP contribution >= 0.6 is 35.8 Å². The van der Waals surface area contributed by atoms with Crippen molar-refractivity contribution < 1.29 is 0 Å². The average Bonchev–Trinajstić information content (AvgIpc) is 1.80. The van der Waals surface area contributed by atoms with Gasteiger partial charge in [-0.1, -0.05) is 23.2 Å². The predicted octanol–water partition coefficient (Wildman–Crippen LogP) is 3.08. The van der Waals surface area contributed by atoms with Gasteiger partial charge in [0.1, 0.15) is 0 Å². The van der Waals surface area contributed by atoms with Crippen LogP contribution in [0, 0.1) is 6.07 Å². The van der Waals surface area contributed by atoms with Crippen molar-refractivity contribution in [3.05, 3.63) is 28.2 Å². The predicted molar refractivity (Wildman–Crippen MR) is 42.6 cm³/mol.